The monoisotopic (exact) mass is 477 g/mol. The topological polar surface area (TPSA) is 81.1 Å². The summed E-state index contributed by atoms with van der Waals surface area (Å²) >= 11 is 3.41. The van der Waals surface area contributed by atoms with Gasteiger partial charge in [0.15, 0.2) is 0 Å². The van der Waals surface area contributed by atoms with Crippen molar-refractivity contribution in [1.82, 2.24) is 19.9 Å². The van der Waals surface area contributed by atoms with E-state index in [0.29, 0.717) is 30.4 Å². The highest BCUT2D eigenvalue weighted by Gasteiger charge is 2.07. The maximum absolute atomic E-state index is 12.3. The Labute approximate surface area is 188 Å². The van der Waals surface area contributed by atoms with Gasteiger partial charge in [0.25, 0.3) is 0 Å². The van der Waals surface area contributed by atoms with Crippen LogP contribution in [0.5, 0.6) is 11.6 Å². The second kappa shape index (κ2) is 9.90. The van der Waals surface area contributed by atoms with Crippen LogP contribution in [-0.4, -0.2) is 20.6 Å². The van der Waals surface area contributed by atoms with E-state index in [1.165, 1.54) is 0 Å². The Kier molecular flexibility index (Phi) is 6.59. The normalized spacial score (nSPS) is 10.5. The number of amides is 2. The summed E-state index contributed by atoms with van der Waals surface area (Å²) in [5.41, 5.74) is 2.74. The molecule has 0 bridgehead atoms. The van der Waals surface area contributed by atoms with Crippen LogP contribution < -0.4 is 15.4 Å². The molecule has 2 heterocycles. The molecule has 7 nitrogen and oxygen atoms in total. The number of nitrogens with one attached hydrogen (secondary N) is 2. The van der Waals surface area contributed by atoms with Crippen LogP contribution in [0.4, 0.5) is 10.5 Å². The van der Waals surface area contributed by atoms with Gasteiger partial charge in [0.1, 0.15) is 5.75 Å². The molecule has 0 aliphatic carbocycles. The summed E-state index contributed by atoms with van der Waals surface area (Å²) in [5.74, 6) is 1.12. The van der Waals surface area contributed by atoms with Crippen molar-refractivity contribution in [2.24, 2.45) is 0 Å². The van der Waals surface area contributed by atoms with E-state index in [2.05, 4.69) is 36.5 Å². The number of aromatic nitrogens is 3. The van der Waals surface area contributed by atoms with Gasteiger partial charge in [-0.15, -0.1) is 0 Å². The van der Waals surface area contributed by atoms with Gasteiger partial charge < -0.3 is 19.9 Å². The second-order valence-corrected chi connectivity index (χ2v) is 7.67. The van der Waals surface area contributed by atoms with Crippen LogP contribution in [0.25, 0.3) is 0 Å². The van der Waals surface area contributed by atoms with Crippen LogP contribution in [0.2, 0.25) is 0 Å². The molecular formula is C23H20BrN5O2. The van der Waals surface area contributed by atoms with Crippen LogP contribution in [0.3, 0.4) is 0 Å². The van der Waals surface area contributed by atoms with E-state index in [-0.39, 0.29) is 6.03 Å². The molecule has 2 amide bonds. The second-order valence-electron chi connectivity index (χ2n) is 6.76. The molecule has 2 N–H and O–H groups in total. The molecular weight excluding hydrogens is 458 g/mol. The van der Waals surface area contributed by atoms with Crippen molar-refractivity contribution in [3.63, 3.8) is 0 Å². The molecule has 0 atom stereocenters. The third-order valence-corrected chi connectivity index (χ3v) is 4.98. The van der Waals surface area contributed by atoms with Gasteiger partial charge in [-0.1, -0.05) is 46.3 Å². The van der Waals surface area contributed by atoms with E-state index in [4.69, 9.17) is 4.74 Å². The Morgan fingerprint density at radius 3 is 2.68 bits per heavy atom. The molecule has 4 rings (SSSR count). The van der Waals surface area contributed by atoms with E-state index in [1.807, 2.05) is 59.3 Å². The Hall–Kier alpha value is -3.65. The van der Waals surface area contributed by atoms with Gasteiger partial charge in [-0.25, -0.2) is 14.8 Å². The fourth-order valence-electron chi connectivity index (χ4n) is 2.98. The van der Waals surface area contributed by atoms with E-state index >= 15 is 0 Å². The highest BCUT2D eigenvalue weighted by Crippen LogP contribution is 2.23. The number of hydrogen-bond donors (Lipinski definition) is 2. The Balaban J connectivity index is 1.31. The molecule has 0 aliphatic heterocycles. The van der Waals surface area contributed by atoms with Crippen LogP contribution in [0.15, 0.2) is 90.1 Å². The van der Waals surface area contributed by atoms with Gasteiger partial charge in [0, 0.05) is 36.0 Å². The van der Waals surface area contributed by atoms with Gasteiger partial charge in [-0.3, -0.25) is 0 Å². The molecule has 2 aromatic carbocycles. The molecule has 2 aromatic heterocycles. The van der Waals surface area contributed by atoms with E-state index in [1.54, 1.807) is 30.9 Å². The predicted octanol–water partition coefficient (Wildman–Crippen LogP) is 5.20. The molecule has 0 radical (unpaired) electrons. The van der Waals surface area contributed by atoms with Crippen LogP contribution >= 0.6 is 15.9 Å². The minimum absolute atomic E-state index is 0.306. The van der Waals surface area contributed by atoms with Crippen molar-refractivity contribution in [2.75, 3.05) is 5.32 Å². The summed E-state index contributed by atoms with van der Waals surface area (Å²) in [6.07, 6.45) is 6.99. The Morgan fingerprint density at radius 1 is 1.06 bits per heavy atom. The standard InChI is InChI=1S/C23H20BrN5O2/c24-19-6-3-7-21(12-19)31-22-9-8-20(14-26-22)28-23(30)27-13-17-4-1-2-5-18(17)15-29-11-10-25-16-29/h1-12,14,16H,13,15H2,(H2,27,28,30). The zero-order chi connectivity index (χ0) is 21.5. The van der Waals surface area contributed by atoms with Gasteiger partial charge >= 0.3 is 6.03 Å². The zero-order valence-corrected chi connectivity index (χ0v) is 18.1. The summed E-state index contributed by atoms with van der Waals surface area (Å²) < 4.78 is 8.62. The number of urea groups is 1. The molecule has 156 valence electrons. The highest BCUT2D eigenvalue weighted by molar-refractivity contribution is 9.10. The molecule has 0 aliphatic rings. The summed E-state index contributed by atoms with van der Waals surface area (Å²) in [4.78, 5) is 20.6. The number of benzene rings is 2. The minimum Gasteiger partial charge on any atom is -0.439 e. The number of pyridine rings is 1. The fraction of sp³-hybridized carbons (Fsp3) is 0.0870. The van der Waals surface area contributed by atoms with Gasteiger partial charge in [0.2, 0.25) is 5.88 Å². The van der Waals surface area contributed by atoms with Crippen molar-refractivity contribution in [3.8, 4) is 11.6 Å². The number of nitrogens with zero attached hydrogens (tertiary/aromatic N) is 3. The molecule has 0 unspecified atom stereocenters. The molecule has 0 spiro atoms. The number of ether oxygens (including phenoxy) is 1. The third-order valence-electron chi connectivity index (χ3n) is 4.48. The third kappa shape index (κ3) is 5.93. The number of carbonyl (C=O) groups excluding carboxylic acids is 1. The molecule has 0 saturated carbocycles. The number of anilines is 1. The lowest BCUT2D eigenvalue weighted by molar-refractivity contribution is 0.251. The van der Waals surface area contributed by atoms with Gasteiger partial charge in [0.05, 0.1) is 18.2 Å². The molecule has 4 aromatic rings. The maximum Gasteiger partial charge on any atom is 0.319 e. The van der Waals surface area contributed by atoms with Crippen LogP contribution in [0.1, 0.15) is 11.1 Å². The Morgan fingerprint density at radius 2 is 1.94 bits per heavy atom. The summed E-state index contributed by atoms with van der Waals surface area (Å²) in [5, 5.41) is 5.68. The van der Waals surface area contributed by atoms with E-state index in [0.717, 1.165) is 15.6 Å². The van der Waals surface area contributed by atoms with E-state index < -0.39 is 0 Å². The largest absolute Gasteiger partial charge is 0.439 e. The summed E-state index contributed by atoms with van der Waals surface area (Å²) in [6.45, 7) is 1.11. The van der Waals surface area contributed by atoms with Crippen molar-refractivity contribution in [3.05, 3.63) is 101 Å². The van der Waals surface area contributed by atoms with Crippen LogP contribution in [0, 0.1) is 0 Å². The van der Waals surface area contributed by atoms with Gasteiger partial charge in [-0.2, -0.15) is 0 Å². The van der Waals surface area contributed by atoms with Crippen molar-refractivity contribution in [2.45, 2.75) is 13.1 Å². The first-order valence-electron chi connectivity index (χ1n) is 9.62. The first kappa shape index (κ1) is 20.6. The molecule has 0 fully saturated rings. The number of halogens is 1. The van der Waals surface area contributed by atoms with Gasteiger partial charge in [-0.05, 0) is 35.4 Å². The fourth-order valence-corrected chi connectivity index (χ4v) is 3.36. The number of carbonyl (C=O) groups is 1. The molecule has 8 heteroatoms. The molecule has 31 heavy (non-hydrogen) atoms. The SMILES string of the molecule is O=C(NCc1ccccc1Cn1ccnc1)Nc1ccc(Oc2cccc(Br)c2)nc1. The minimum atomic E-state index is -0.306. The lowest BCUT2D eigenvalue weighted by Crippen LogP contribution is -2.28. The predicted molar refractivity (Wildman–Crippen MR) is 122 cm³/mol. The van der Waals surface area contributed by atoms with Crippen LogP contribution in [-0.2, 0) is 13.1 Å². The lowest BCUT2D eigenvalue weighted by atomic mass is 10.1. The van der Waals surface area contributed by atoms with Crippen molar-refractivity contribution in [1.29, 1.82) is 0 Å². The van der Waals surface area contributed by atoms with Crippen molar-refractivity contribution >= 4 is 27.6 Å². The molecule has 0 saturated heterocycles. The average Bonchev–Trinajstić information content (AvgIpc) is 3.28. The van der Waals surface area contributed by atoms with E-state index in [9.17, 15) is 4.79 Å². The number of rotatable bonds is 7. The Bertz CT molecular complexity index is 1150. The number of hydrogen-bond acceptors (Lipinski definition) is 4. The zero-order valence-electron chi connectivity index (χ0n) is 16.5. The quantitative estimate of drug-likeness (QED) is 0.383. The first-order valence-corrected chi connectivity index (χ1v) is 10.4. The smallest absolute Gasteiger partial charge is 0.319 e. The van der Waals surface area contributed by atoms with Crippen molar-refractivity contribution < 1.29 is 9.53 Å². The maximum atomic E-state index is 12.3. The number of imidazole rings is 1. The average molecular weight is 478 g/mol. The lowest BCUT2D eigenvalue weighted by Gasteiger charge is -2.12. The first-order chi connectivity index (χ1) is 15.2. The highest BCUT2D eigenvalue weighted by atomic mass is 79.9. The summed E-state index contributed by atoms with van der Waals surface area (Å²) in [7, 11) is 0. The summed E-state index contributed by atoms with van der Waals surface area (Å²) in [6, 6.07) is 18.6.